The van der Waals surface area contributed by atoms with E-state index in [1.54, 1.807) is 0 Å². The first-order chi connectivity index (χ1) is 12.3. The fraction of sp³-hybridized carbons (Fsp3) is 0.913. The van der Waals surface area contributed by atoms with Gasteiger partial charge >= 0.3 is 5.97 Å². The molecule has 0 amide bonds. The molecule has 0 saturated heterocycles. The molecule has 0 aromatic carbocycles. The van der Waals surface area contributed by atoms with E-state index in [9.17, 15) is 9.59 Å². The molecule has 4 fully saturated rings. The van der Waals surface area contributed by atoms with Crippen LogP contribution >= 0.6 is 0 Å². The predicted octanol–water partition coefficient (Wildman–Crippen LogP) is 5.17. The second-order valence-corrected chi connectivity index (χ2v) is 10.3. The van der Waals surface area contributed by atoms with Gasteiger partial charge < -0.3 is 4.74 Å². The van der Waals surface area contributed by atoms with Crippen LogP contribution in [0.15, 0.2) is 0 Å². The zero-order valence-electron chi connectivity index (χ0n) is 17.1. The Morgan fingerprint density at radius 2 is 1.81 bits per heavy atom. The van der Waals surface area contributed by atoms with Crippen molar-refractivity contribution in [3.63, 3.8) is 0 Å². The van der Waals surface area contributed by atoms with E-state index >= 15 is 0 Å². The molecule has 0 bridgehead atoms. The van der Waals surface area contributed by atoms with Crippen LogP contribution in [0.4, 0.5) is 0 Å². The van der Waals surface area contributed by atoms with Gasteiger partial charge in [-0.2, -0.15) is 0 Å². The summed E-state index contributed by atoms with van der Waals surface area (Å²) in [5, 5.41) is 0. The normalized spacial score (nSPS) is 50.5. The monoisotopic (exact) mass is 360 g/mol. The van der Waals surface area contributed by atoms with Crippen molar-refractivity contribution in [2.75, 3.05) is 0 Å². The molecule has 4 saturated carbocycles. The number of rotatable bonds is 2. The van der Waals surface area contributed by atoms with Gasteiger partial charge in [0.05, 0.1) is 0 Å². The SMILES string of the molecule is CC[C@H]1C(=O)C[C@H]2[C@@H]3CC[C@H]4C[C@H](OC(C)=O)CC[C@]4(C)[C@H]3CC[C@]12C. The zero-order chi connectivity index (χ0) is 18.7. The molecular weight excluding hydrogens is 324 g/mol. The summed E-state index contributed by atoms with van der Waals surface area (Å²) in [4.78, 5) is 24.1. The minimum absolute atomic E-state index is 0.129. The van der Waals surface area contributed by atoms with Gasteiger partial charge in [-0.1, -0.05) is 20.8 Å². The lowest BCUT2D eigenvalue weighted by atomic mass is 9.44. The van der Waals surface area contributed by atoms with Gasteiger partial charge in [-0.15, -0.1) is 0 Å². The Hall–Kier alpha value is -0.860. The average molecular weight is 361 g/mol. The van der Waals surface area contributed by atoms with Crippen LogP contribution in [0.5, 0.6) is 0 Å². The van der Waals surface area contributed by atoms with Crippen molar-refractivity contribution < 1.29 is 14.3 Å². The third-order valence-electron chi connectivity index (χ3n) is 9.40. The number of hydrogen-bond donors (Lipinski definition) is 0. The van der Waals surface area contributed by atoms with Crippen molar-refractivity contribution in [3.05, 3.63) is 0 Å². The molecule has 4 aliphatic carbocycles. The number of fused-ring (bicyclic) bond motifs is 5. The Labute approximate surface area is 158 Å². The number of esters is 1. The Bertz CT molecular complexity index is 598. The van der Waals surface area contributed by atoms with Crippen molar-refractivity contribution in [2.45, 2.75) is 91.6 Å². The molecule has 0 N–H and O–H groups in total. The molecule has 4 aliphatic rings. The van der Waals surface area contributed by atoms with E-state index in [0.29, 0.717) is 29.0 Å². The smallest absolute Gasteiger partial charge is 0.302 e. The van der Waals surface area contributed by atoms with Gasteiger partial charge in [0.25, 0.3) is 0 Å². The average Bonchev–Trinajstić information content (AvgIpc) is 2.84. The topological polar surface area (TPSA) is 43.4 Å². The summed E-state index contributed by atoms with van der Waals surface area (Å²) in [6.45, 7) is 8.69. The molecule has 0 unspecified atom stereocenters. The first-order valence-corrected chi connectivity index (χ1v) is 11.0. The summed E-state index contributed by atoms with van der Waals surface area (Å²) < 4.78 is 5.57. The molecule has 26 heavy (non-hydrogen) atoms. The minimum atomic E-state index is -0.129. The van der Waals surface area contributed by atoms with Gasteiger partial charge in [0.15, 0.2) is 0 Å². The molecule has 4 rings (SSSR count). The molecule has 0 aromatic heterocycles. The van der Waals surface area contributed by atoms with Gasteiger partial charge in [0, 0.05) is 19.3 Å². The van der Waals surface area contributed by atoms with E-state index in [2.05, 4.69) is 20.8 Å². The van der Waals surface area contributed by atoms with Gasteiger partial charge in [0.1, 0.15) is 11.9 Å². The largest absolute Gasteiger partial charge is 0.463 e. The maximum Gasteiger partial charge on any atom is 0.302 e. The summed E-state index contributed by atoms with van der Waals surface area (Å²) in [5.74, 6) is 3.52. The third kappa shape index (κ3) is 2.59. The van der Waals surface area contributed by atoms with Crippen molar-refractivity contribution in [1.82, 2.24) is 0 Å². The van der Waals surface area contributed by atoms with Crippen LogP contribution < -0.4 is 0 Å². The standard InChI is InChI=1S/C23H36O3/c1-5-18-21(25)13-20-17-7-6-15-12-16(26-14(2)24)8-10-22(15,3)19(17)9-11-23(18,20)4/h15-20H,5-13H2,1-4H3/t15-,16+,17+,18-,19-,20-,22-,23+/m0/s1. The minimum Gasteiger partial charge on any atom is -0.463 e. The number of ketones is 1. The van der Waals surface area contributed by atoms with Crippen LogP contribution in [0.1, 0.15) is 85.5 Å². The molecule has 3 nitrogen and oxygen atoms in total. The molecule has 0 spiro atoms. The van der Waals surface area contributed by atoms with Crippen LogP contribution in [-0.4, -0.2) is 17.9 Å². The maximum absolute atomic E-state index is 12.7. The summed E-state index contributed by atoms with van der Waals surface area (Å²) in [6.07, 6.45) is 10.3. The molecule has 0 aromatic rings. The van der Waals surface area contributed by atoms with E-state index in [4.69, 9.17) is 4.74 Å². The Balaban J connectivity index is 1.55. The van der Waals surface area contributed by atoms with E-state index in [1.165, 1.54) is 39.0 Å². The highest BCUT2D eigenvalue weighted by Crippen LogP contribution is 2.67. The highest BCUT2D eigenvalue weighted by Gasteiger charge is 2.61. The van der Waals surface area contributed by atoms with Crippen molar-refractivity contribution in [3.8, 4) is 0 Å². The van der Waals surface area contributed by atoms with Gasteiger partial charge in [-0.3, -0.25) is 9.59 Å². The number of Topliss-reactive ketones (excluding diaryl/α,β-unsaturated/α-hetero) is 1. The van der Waals surface area contributed by atoms with Crippen LogP contribution in [-0.2, 0) is 14.3 Å². The number of carbonyl (C=O) groups is 2. The van der Waals surface area contributed by atoms with Crippen molar-refractivity contribution in [2.24, 2.45) is 40.4 Å². The first kappa shape index (κ1) is 18.5. The number of hydrogen-bond acceptors (Lipinski definition) is 3. The first-order valence-electron chi connectivity index (χ1n) is 11.0. The van der Waals surface area contributed by atoms with Gasteiger partial charge in [-0.25, -0.2) is 0 Å². The fourth-order valence-corrected chi connectivity index (χ4v) is 8.15. The molecule has 8 atom stereocenters. The summed E-state index contributed by atoms with van der Waals surface area (Å²) in [6, 6.07) is 0. The van der Waals surface area contributed by atoms with Crippen LogP contribution in [0, 0.1) is 40.4 Å². The Morgan fingerprint density at radius 1 is 1.08 bits per heavy atom. The van der Waals surface area contributed by atoms with Gasteiger partial charge in [-0.05, 0) is 85.9 Å². The Morgan fingerprint density at radius 3 is 2.50 bits per heavy atom. The predicted molar refractivity (Wildman–Crippen MR) is 101 cm³/mol. The molecule has 146 valence electrons. The summed E-state index contributed by atoms with van der Waals surface area (Å²) in [7, 11) is 0. The van der Waals surface area contributed by atoms with Crippen LogP contribution in [0.2, 0.25) is 0 Å². The second-order valence-electron chi connectivity index (χ2n) is 10.3. The highest BCUT2D eigenvalue weighted by atomic mass is 16.5. The van der Waals surface area contributed by atoms with Crippen LogP contribution in [0.3, 0.4) is 0 Å². The molecule has 0 radical (unpaired) electrons. The van der Waals surface area contributed by atoms with Gasteiger partial charge in [0.2, 0.25) is 0 Å². The third-order valence-corrected chi connectivity index (χ3v) is 9.40. The van der Waals surface area contributed by atoms with Crippen molar-refractivity contribution >= 4 is 11.8 Å². The van der Waals surface area contributed by atoms with E-state index < -0.39 is 0 Å². The van der Waals surface area contributed by atoms with Crippen molar-refractivity contribution in [1.29, 1.82) is 0 Å². The quantitative estimate of drug-likeness (QED) is 0.638. The Kier molecular flexibility index (Phi) is 4.51. The van der Waals surface area contributed by atoms with E-state index in [0.717, 1.165) is 37.5 Å². The van der Waals surface area contributed by atoms with E-state index in [1.807, 2.05) is 0 Å². The molecule has 0 aliphatic heterocycles. The van der Waals surface area contributed by atoms with Crippen LogP contribution in [0.25, 0.3) is 0 Å². The molecule has 0 heterocycles. The summed E-state index contributed by atoms with van der Waals surface area (Å²) >= 11 is 0. The number of ether oxygens (including phenoxy) is 1. The lowest BCUT2D eigenvalue weighted by Crippen LogP contribution is -2.54. The highest BCUT2D eigenvalue weighted by molar-refractivity contribution is 5.84. The molecule has 3 heteroatoms. The summed E-state index contributed by atoms with van der Waals surface area (Å²) in [5.41, 5.74) is 0.638. The maximum atomic E-state index is 12.7. The fourth-order valence-electron chi connectivity index (χ4n) is 8.15. The lowest BCUT2D eigenvalue weighted by molar-refractivity contribution is -0.160. The molecular formula is C23H36O3. The number of carbonyl (C=O) groups excluding carboxylic acids is 2. The van der Waals surface area contributed by atoms with E-state index in [-0.39, 0.29) is 17.5 Å². The second kappa shape index (κ2) is 6.34. The zero-order valence-corrected chi connectivity index (χ0v) is 17.1. The lowest BCUT2D eigenvalue weighted by Gasteiger charge is -2.60.